The van der Waals surface area contributed by atoms with Gasteiger partial charge in [0, 0.05) is 40.8 Å². The SMILES string of the molecule is Cc1ccc(C2CCC(C3CC[CH-]CC3)CC2)cc1.[Nd]. The third-order valence-corrected chi connectivity index (χ3v) is 5.47. The van der Waals surface area contributed by atoms with E-state index in [0.29, 0.717) is 0 Å². The molecule has 1 aromatic carbocycles. The first-order chi connectivity index (χ1) is 9.33. The Labute approximate surface area is 157 Å². The summed E-state index contributed by atoms with van der Waals surface area (Å²) in [6.07, 6.45) is 14.0. The van der Waals surface area contributed by atoms with Gasteiger partial charge in [0.05, 0.1) is 0 Å². The predicted octanol–water partition coefficient (Wildman–Crippen LogP) is 5.66. The minimum Gasteiger partial charge on any atom is -0.328 e. The van der Waals surface area contributed by atoms with Crippen LogP contribution in [0.3, 0.4) is 0 Å². The summed E-state index contributed by atoms with van der Waals surface area (Å²) in [5.41, 5.74) is 2.97. The van der Waals surface area contributed by atoms with E-state index in [1.165, 1.54) is 56.9 Å². The van der Waals surface area contributed by atoms with E-state index in [-0.39, 0.29) is 40.8 Å². The number of benzene rings is 1. The van der Waals surface area contributed by atoms with E-state index in [1.54, 1.807) is 5.56 Å². The number of aryl methyl sites for hydroxylation is 1. The second-order valence-electron chi connectivity index (χ2n) is 6.73. The summed E-state index contributed by atoms with van der Waals surface area (Å²) in [4.78, 5) is 0. The molecule has 0 radical (unpaired) electrons. The molecule has 0 amide bonds. The molecule has 0 atom stereocenters. The molecule has 0 unspecified atom stereocenters. The Morgan fingerprint density at radius 2 is 1.35 bits per heavy atom. The Balaban J connectivity index is 0.00000147. The van der Waals surface area contributed by atoms with Crippen LogP contribution >= 0.6 is 0 Å². The molecule has 0 nitrogen and oxygen atoms in total. The van der Waals surface area contributed by atoms with Crippen molar-refractivity contribution in [2.24, 2.45) is 11.8 Å². The zero-order chi connectivity index (χ0) is 13.1. The number of hydrogen-bond acceptors (Lipinski definition) is 0. The zero-order valence-electron chi connectivity index (χ0n) is 12.8. The third kappa shape index (κ3) is 4.29. The van der Waals surface area contributed by atoms with E-state index < -0.39 is 0 Å². The Morgan fingerprint density at radius 3 is 1.95 bits per heavy atom. The molecule has 20 heavy (non-hydrogen) atoms. The molecular formula is C19H27Nd-. The van der Waals surface area contributed by atoms with Crippen LogP contribution in [0.15, 0.2) is 24.3 Å². The van der Waals surface area contributed by atoms with Crippen LogP contribution in [-0.2, 0) is 0 Å². The summed E-state index contributed by atoms with van der Waals surface area (Å²) >= 11 is 0. The van der Waals surface area contributed by atoms with Gasteiger partial charge in [-0.2, -0.15) is 12.8 Å². The standard InChI is InChI=1S/C19H27.Nd/c1-15-7-9-17(10-8-15)19-13-11-18(12-14-19)16-5-3-2-4-6-16;/h2,7-10,16,18-19H,3-6,11-14H2,1H3;/q-1;. The van der Waals surface area contributed by atoms with Crippen LogP contribution in [-0.4, -0.2) is 0 Å². The van der Waals surface area contributed by atoms with E-state index in [1.807, 2.05) is 0 Å². The maximum Gasteiger partial charge on any atom is 0 e. The van der Waals surface area contributed by atoms with Gasteiger partial charge in [0.25, 0.3) is 0 Å². The molecule has 2 aliphatic carbocycles. The Morgan fingerprint density at radius 1 is 0.800 bits per heavy atom. The van der Waals surface area contributed by atoms with Crippen LogP contribution in [0.25, 0.3) is 0 Å². The molecule has 0 bridgehead atoms. The van der Waals surface area contributed by atoms with Gasteiger partial charge in [-0.25, -0.2) is 0 Å². The van der Waals surface area contributed by atoms with Crippen LogP contribution in [0.2, 0.25) is 0 Å². The second kappa shape index (κ2) is 8.27. The van der Waals surface area contributed by atoms with Gasteiger partial charge in [-0.1, -0.05) is 42.7 Å². The third-order valence-electron chi connectivity index (χ3n) is 5.47. The molecule has 0 saturated heterocycles. The fraction of sp³-hybridized carbons (Fsp3) is 0.632. The van der Waals surface area contributed by atoms with Gasteiger partial charge in [0.15, 0.2) is 0 Å². The average molecular weight is 400 g/mol. The van der Waals surface area contributed by atoms with Gasteiger partial charge in [-0.15, -0.1) is 0 Å². The molecule has 3 rings (SSSR count). The van der Waals surface area contributed by atoms with Crippen molar-refractivity contribution in [2.75, 3.05) is 0 Å². The summed E-state index contributed by atoms with van der Waals surface area (Å²) < 4.78 is 0. The summed E-state index contributed by atoms with van der Waals surface area (Å²) in [5, 5.41) is 0. The summed E-state index contributed by atoms with van der Waals surface area (Å²) in [6.45, 7) is 2.18. The first-order valence-corrected chi connectivity index (χ1v) is 8.21. The molecule has 0 N–H and O–H groups in total. The Bertz CT molecular complexity index is 381. The fourth-order valence-corrected chi connectivity index (χ4v) is 4.19. The zero-order valence-corrected chi connectivity index (χ0v) is 16.0. The summed E-state index contributed by atoms with van der Waals surface area (Å²) in [6, 6.07) is 9.27. The maximum absolute atomic E-state index is 2.49. The molecule has 0 heterocycles. The van der Waals surface area contributed by atoms with Crippen LogP contribution in [0, 0.1) is 66.0 Å². The molecule has 1 heteroatoms. The van der Waals surface area contributed by atoms with Crippen molar-refractivity contribution in [3.8, 4) is 0 Å². The molecule has 0 aromatic heterocycles. The van der Waals surface area contributed by atoms with Gasteiger partial charge < -0.3 is 6.42 Å². The quantitative estimate of drug-likeness (QED) is 0.563. The van der Waals surface area contributed by atoms with Crippen molar-refractivity contribution in [1.82, 2.24) is 0 Å². The van der Waals surface area contributed by atoms with Gasteiger partial charge in [0.1, 0.15) is 0 Å². The van der Waals surface area contributed by atoms with Crippen molar-refractivity contribution in [1.29, 1.82) is 0 Å². The monoisotopic (exact) mass is 397 g/mol. The van der Waals surface area contributed by atoms with Crippen LogP contribution < -0.4 is 0 Å². The van der Waals surface area contributed by atoms with Crippen molar-refractivity contribution in [3.63, 3.8) is 0 Å². The van der Waals surface area contributed by atoms with E-state index in [2.05, 4.69) is 37.6 Å². The first-order valence-electron chi connectivity index (χ1n) is 8.21. The van der Waals surface area contributed by atoms with E-state index in [0.717, 1.165) is 17.8 Å². The molecule has 0 aliphatic heterocycles. The Kier molecular flexibility index (Phi) is 7.00. The van der Waals surface area contributed by atoms with E-state index in [9.17, 15) is 0 Å². The first kappa shape index (κ1) is 16.9. The maximum atomic E-state index is 2.49. The van der Waals surface area contributed by atoms with E-state index in [4.69, 9.17) is 0 Å². The molecule has 2 saturated carbocycles. The van der Waals surface area contributed by atoms with Gasteiger partial charge in [-0.3, -0.25) is 0 Å². The molecule has 2 fully saturated rings. The van der Waals surface area contributed by atoms with Crippen molar-refractivity contribution < 1.29 is 40.8 Å². The normalized spacial score (nSPS) is 27.9. The fourth-order valence-electron chi connectivity index (χ4n) is 4.19. The molecular weight excluding hydrogens is 372 g/mol. The molecule has 1 aromatic rings. The Hall–Kier alpha value is 0.571. The second-order valence-corrected chi connectivity index (χ2v) is 6.73. The molecule has 108 valence electrons. The van der Waals surface area contributed by atoms with Gasteiger partial charge in [-0.05, 0) is 55.9 Å². The number of hydrogen-bond donors (Lipinski definition) is 0. The average Bonchev–Trinajstić information content (AvgIpc) is 2.49. The molecule has 0 spiro atoms. The molecule has 2 aliphatic rings. The predicted molar refractivity (Wildman–Crippen MR) is 82.1 cm³/mol. The van der Waals surface area contributed by atoms with Crippen LogP contribution in [0.4, 0.5) is 0 Å². The van der Waals surface area contributed by atoms with Crippen molar-refractivity contribution in [2.45, 2.75) is 64.2 Å². The van der Waals surface area contributed by atoms with E-state index >= 15 is 0 Å². The smallest absolute Gasteiger partial charge is 0 e. The minimum absolute atomic E-state index is 0. The minimum atomic E-state index is 0. The largest absolute Gasteiger partial charge is 0.328 e. The number of rotatable bonds is 2. The topological polar surface area (TPSA) is 0 Å². The summed E-state index contributed by atoms with van der Waals surface area (Å²) in [5.74, 6) is 2.92. The van der Waals surface area contributed by atoms with Gasteiger partial charge >= 0.3 is 0 Å². The van der Waals surface area contributed by atoms with Crippen molar-refractivity contribution >= 4 is 0 Å². The van der Waals surface area contributed by atoms with Crippen LogP contribution in [0.5, 0.6) is 0 Å². The van der Waals surface area contributed by atoms with Crippen molar-refractivity contribution in [3.05, 3.63) is 41.8 Å². The van der Waals surface area contributed by atoms with Gasteiger partial charge in [0.2, 0.25) is 0 Å². The summed E-state index contributed by atoms with van der Waals surface area (Å²) in [7, 11) is 0. The van der Waals surface area contributed by atoms with Crippen LogP contribution in [0.1, 0.15) is 68.4 Å².